The monoisotopic (exact) mass is 347 g/mol. The predicted molar refractivity (Wildman–Crippen MR) is 74.8 cm³/mol. The lowest BCUT2D eigenvalue weighted by molar-refractivity contribution is -0.120. The van der Waals surface area contributed by atoms with Crippen molar-refractivity contribution in [1.29, 1.82) is 0 Å². The van der Waals surface area contributed by atoms with Gasteiger partial charge in [0.05, 0.1) is 0 Å². The van der Waals surface area contributed by atoms with Crippen LogP contribution in [0.3, 0.4) is 0 Å². The maximum atomic E-state index is 11.5. The number of nitrogens with one attached hydrogen (secondary N) is 3. The Morgan fingerprint density at radius 1 is 1.24 bits per heavy atom. The van der Waals surface area contributed by atoms with Gasteiger partial charge in [0, 0.05) is 16.3 Å². The van der Waals surface area contributed by atoms with Gasteiger partial charge in [0.2, 0.25) is 5.91 Å². The fraction of sp³-hybridized carbons (Fsp3) is 0.273. The summed E-state index contributed by atoms with van der Waals surface area (Å²) in [5.41, 5.74) is 0.838. The smallest absolute Gasteiger partial charge is 0.321 e. The maximum Gasteiger partial charge on any atom is 0.321 e. The highest BCUT2D eigenvalue weighted by molar-refractivity contribution is 14.1. The molecule has 5 nitrogen and oxygen atoms in total. The molecular formula is C11H14IN3O2. The topological polar surface area (TPSA) is 70.2 Å². The molecule has 0 aliphatic carbocycles. The zero-order valence-electron chi connectivity index (χ0n) is 9.58. The first-order chi connectivity index (χ1) is 8.02. The summed E-state index contributed by atoms with van der Waals surface area (Å²) >= 11 is 2.20. The first kappa shape index (κ1) is 13.8. The Morgan fingerprint density at radius 3 is 2.35 bits per heavy atom. The Bertz CT molecular complexity index is 406. The molecule has 0 radical (unpaired) electrons. The van der Waals surface area contributed by atoms with Crippen LogP contribution in [-0.2, 0) is 4.79 Å². The maximum absolute atomic E-state index is 11.5. The van der Waals surface area contributed by atoms with Gasteiger partial charge in [-0.2, -0.15) is 0 Å². The molecule has 0 unspecified atom stereocenters. The van der Waals surface area contributed by atoms with Crippen LogP contribution >= 0.6 is 22.6 Å². The van der Waals surface area contributed by atoms with Crippen LogP contribution < -0.4 is 16.0 Å². The summed E-state index contributed by atoms with van der Waals surface area (Å²) in [4.78, 5) is 22.5. The van der Waals surface area contributed by atoms with Gasteiger partial charge in [-0.05, 0) is 53.8 Å². The first-order valence-corrected chi connectivity index (χ1v) is 6.15. The molecule has 0 aromatic heterocycles. The minimum absolute atomic E-state index is 0.372. The van der Waals surface area contributed by atoms with Crippen molar-refractivity contribution in [2.75, 3.05) is 12.4 Å². The van der Waals surface area contributed by atoms with E-state index in [1.165, 1.54) is 7.05 Å². The molecule has 0 aliphatic rings. The lowest BCUT2D eigenvalue weighted by atomic mass is 10.2. The molecule has 0 bridgehead atoms. The average Bonchev–Trinajstić information content (AvgIpc) is 2.31. The summed E-state index contributed by atoms with van der Waals surface area (Å²) in [6.07, 6.45) is 0. The zero-order valence-corrected chi connectivity index (χ0v) is 11.7. The lowest BCUT2D eigenvalue weighted by Crippen LogP contribution is -2.44. The number of halogens is 1. The molecular weight excluding hydrogens is 333 g/mol. The molecule has 1 atom stereocenters. The standard InChI is InChI=1S/C11H14IN3O2/c1-7(10(16)15-11(17)13-2)14-9-5-3-8(12)4-6-9/h3-7,14H,1-2H3,(H2,13,15,16,17)/t7-/m1/s1. The summed E-state index contributed by atoms with van der Waals surface area (Å²) in [6, 6.07) is 6.65. The molecule has 3 amide bonds. The molecule has 0 aliphatic heterocycles. The van der Waals surface area contributed by atoms with Crippen LogP contribution in [0.15, 0.2) is 24.3 Å². The van der Waals surface area contributed by atoms with Gasteiger partial charge in [-0.25, -0.2) is 4.79 Å². The van der Waals surface area contributed by atoms with E-state index in [4.69, 9.17) is 0 Å². The highest BCUT2D eigenvalue weighted by Crippen LogP contribution is 2.12. The van der Waals surface area contributed by atoms with Crippen molar-refractivity contribution in [3.8, 4) is 0 Å². The molecule has 1 rings (SSSR count). The van der Waals surface area contributed by atoms with Crippen molar-refractivity contribution >= 4 is 40.2 Å². The number of rotatable bonds is 3. The van der Waals surface area contributed by atoms with E-state index in [9.17, 15) is 9.59 Å². The second kappa shape index (κ2) is 6.43. The van der Waals surface area contributed by atoms with Crippen LogP contribution in [0.2, 0.25) is 0 Å². The van der Waals surface area contributed by atoms with E-state index in [0.717, 1.165) is 9.26 Å². The number of imide groups is 1. The molecule has 0 saturated carbocycles. The summed E-state index contributed by atoms with van der Waals surface area (Å²) < 4.78 is 1.12. The zero-order chi connectivity index (χ0) is 12.8. The normalized spacial score (nSPS) is 11.5. The Morgan fingerprint density at radius 2 is 1.82 bits per heavy atom. The molecule has 6 heteroatoms. The van der Waals surface area contributed by atoms with Gasteiger partial charge in [0.25, 0.3) is 0 Å². The van der Waals surface area contributed by atoms with Gasteiger partial charge in [0.15, 0.2) is 0 Å². The molecule has 0 spiro atoms. The van der Waals surface area contributed by atoms with E-state index in [1.54, 1.807) is 6.92 Å². The number of carbonyl (C=O) groups is 2. The summed E-state index contributed by atoms with van der Waals surface area (Å²) in [7, 11) is 1.46. The second-order valence-corrected chi connectivity index (χ2v) is 4.69. The van der Waals surface area contributed by atoms with Gasteiger partial charge < -0.3 is 10.6 Å². The molecule has 17 heavy (non-hydrogen) atoms. The number of anilines is 1. The van der Waals surface area contributed by atoms with Gasteiger partial charge in [-0.3, -0.25) is 10.1 Å². The molecule has 0 fully saturated rings. The van der Waals surface area contributed by atoms with Crippen molar-refractivity contribution in [2.45, 2.75) is 13.0 Å². The molecule has 0 saturated heterocycles. The Balaban J connectivity index is 2.54. The molecule has 0 heterocycles. The van der Waals surface area contributed by atoms with Crippen LogP contribution in [0.1, 0.15) is 6.92 Å². The highest BCUT2D eigenvalue weighted by Gasteiger charge is 2.14. The van der Waals surface area contributed by atoms with Gasteiger partial charge >= 0.3 is 6.03 Å². The van der Waals surface area contributed by atoms with Crippen molar-refractivity contribution in [2.24, 2.45) is 0 Å². The van der Waals surface area contributed by atoms with E-state index >= 15 is 0 Å². The van der Waals surface area contributed by atoms with E-state index < -0.39 is 12.1 Å². The SMILES string of the molecule is CNC(=O)NC(=O)[C@@H](C)Nc1ccc(I)cc1. The van der Waals surface area contributed by atoms with Crippen LogP contribution in [0.25, 0.3) is 0 Å². The number of amides is 3. The fourth-order valence-electron chi connectivity index (χ4n) is 1.14. The minimum Gasteiger partial charge on any atom is -0.374 e. The molecule has 3 N–H and O–H groups in total. The summed E-state index contributed by atoms with van der Waals surface area (Å²) in [5.74, 6) is -0.372. The number of carbonyl (C=O) groups excluding carboxylic acids is 2. The second-order valence-electron chi connectivity index (χ2n) is 3.44. The first-order valence-electron chi connectivity index (χ1n) is 5.07. The number of benzene rings is 1. The van der Waals surface area contributed by atoms with Crippen molar-refractivity contribution < 1.29 is 9.59 Å². The van der Waals surface area contributed by atoms with Crippen molar-refractivity contribution in [1.82, 2.24) is 10.6 Å². The highest BCUT2D eigenvalue weighted by atomic mass is 127. The summed E-state index contributed by atoms with van der Waals surface area (Å²) in [5, 5.41) is 7.53. The third-order valence-electron chi connectivity index (χ3n) is 2.08. The lowest BCUT2D eigenvalue weighted by Gasteiger charge is -2.14. The van der Waals surface area contributed by atoms with Crippen LogP contribution in [-0.4, -0.2) is 25.0 Å². The van der Waals surface area contributed by atoms with Crippen molar-refractivity contribution in [3.63, 3.8) is 0 Å². The van der Waals surface area contributed by atoms with E-state index in [1.807, 2.05) is 24.3 Å². The van der Waals surface area contributed by atoms with Crippen molar-refractivity contribution in [3.05, 3.63) is 27.8 Å². The predicted octanol–water partition coefficient (Wildman–Crippen LogP) is 1.55. The minimum atomic E-state index is -0.508. The Kier molecular flexibility index (Phi) is 5.20. The average molecular weight is 347 g/mol. The van der Waals surface area contributed by atoms with Crippen LogP contribution in [0.4, 0.5) is 10.5 Å². The molecule has 92 valence electrons. The third-order valence-corrected chi connectivity index (χ3v) is 2.80. The summed E-state index contributed by atoms with van der Waals surface area (Å²) in [6.45, 7) is 1.69. The number of hydrogen-bond acceptors (Lipinski definition) is 3. The van der Waals surface area contributed by atoms with E-state index in [0.29, 0.717) is 0 Å². The third kappa shape index (κ3) is 4.59. The molecule has 1 aromatic rings. The van der Waals surface area contributed by atoms with Gasteiger partial charge in [-0.15, -0.1) is 0 Å². The molecule has 1 aromatic carbocycles. The number of urea groups is 1. The Labute approximate surface area is 113 Å². The van der Waals surface area contributed by atoms with E-state index in [-0.39, 0.29) is 5.91 Å². The van der Waals surface area contributed by atoms with E-state index in [2.05, 4.69) is 38.5 Å². The fourth-order valence-corrected chi connectivity index (χ4v) is 1.50. The number of hydrogen-bond donors (Lipinski definition) is 3. The largest absolute Gasteiger partial charge is 0.374 e. The van der Waals surface area contributed by atoms with Crippen LogP contribution in [0.5, 0.6) is 0 Å². The van der Waals surface area contributed by atoms with Gasteiger partial charge in [0.1, 0.15) is 6.04 Å². The van der Waals surface area contributed by atoms with Crippen LogP contribution in [0, 0.1) is 3.57 Å². The van der Waals surface area contributed by atoms with Gasteiger partial charge in [-0.1, -0.05) is 0 Å². The Hall–Kier alpha value is -1.31. The quantitative estimate of drug-likeness (QED) is 0.727.